The van der Waals surface area contributed by atoms with E-state index in [-0.39, 0.29) is 17.5 Å². The van der Waals surface area contributed by atoms with E-state index in [0.717, 1.165) is 23.7 Å². The van der Waals surface area contributed by atoms with Gasteiger partial charge in [-0.25, -0.2) is 0 Å². The molecule has 9 aliphatic rings. The maximum atomic E-state index is 2.91. The average Bonchev–Trinajstić information content (AvgIpc) is 3.82. The van der Waals surface area contributed by atoms with Crippen LogP contribution < -0.4 is 16.4 Å². The topological polar surface area (TPSA) is 9.34 Å². The molecule has 2 aromatic heterocycles. The molecule has 53 heavy (non-hydrogen) atoms. The van der Waals surface area contributed by atoms with Gasteiger partial charge in [0.2, 0.25) is 0 Å². The van der Waals surface area contributed by atoms with Crippen LogP contribution in [-0.4, -0.2) is 15.7 Å². The second-order valence-corrected chi connectivity index (χ2v) is 21.7. The highest BCUT2D eigenvalue weighted by Gasteiger charge is 2.65. The Kier molecular flexibility index (Phi) is 4.96. The predicted molar refractivity (Wildman–Crippen MR) is 221 cm³/mol. The molecule has 264 valence electrons. The molecular formula is C50H51BN2. The minimum atomic E-state index is 0.0393. The first kappa shape index (κ1) is 29.6. The van der Waals surface area contributed by atoms with Gasteiger partial charge in [0, 0.05) is 11.4 Å². The Morgan fingerprint density at radius 3 is 2.11 bits per heavy atom. The highest BCUT2D eigenvalue weighted by atomic mass is 15.2. The molecule has 3 heteroatoms. The van der Waals surface area contributed by atoms with Gasteiger partial charge in [-0.05, 0) is 188 Å². The standard InChI is InChI=1S/C50H51BN2/c1-48(2,3)29-19-36-32-14-15-37(49(4,5)6)33-8-7-9-38(43(32)33)51-44(36)41(20-29)52-39-21-34-27-16-30-18-31-17-28(24-50(30,31)23-27)35(34)22-40(39)53-46-26-12-10-25(11-13-26)42(46)45(51)47(52)53/h7-9,14-15,19-22,25-28,30-31H,10-13,16-18,23-24H2,1-6H3. The Bertz CT molecular complexity index is 2730. The van der Waals surface area contributed by atoms with Crippen molar-refractivity contribution in [2.75, 3.05) is 0 Å². The van der Waals surface area contributed by atoms with Crippen LogP contribution in [0, 0.1) is 17.3 Å². The van der Waals surface area contributed by atoms with Crippen molar-refractivity contribution in [1.82, 2.24) is 8.97 Å². The molecule has 0 N–H and O–H groups in total. The van der Waals surface area contributed by atoms with Crippen molar-refractivity contribution in [3.05, 3.63) is 88.1 Å². The highest BCUT2D eigenvalue weighted by molar-refractivity contribution is 7.01. The molecule has 0 amide bonds. The lowest BCUT2D eigenvalue weighted by molar-refractivity contribution is 0.00322. The van der Waals surface area contributed by atoms with E-state index in [2.05, 4.69) is 105 Å². The van der Waals surface area contributed by atoms with Crippen molar-refractivity contribution in [3.63, 3.8) is 0 Å². The maximum absolute atomic E-state index is 2.91. The first-order valence-electron chi connectivity index (χ1n) is 21.5. The van der Waals surface area contributed by atoms with E-state index in [4.69, 9.17) is 0 Å². The lowest BCUT2D eigenvalue weighted by Gasteiger charge is -2.48. The quantitative estimate of drug-likeness (QED) is 0.140. The van der Waals surface area contributed by atoms with Crippen LogP contribution in [0.3, 0.4) is 0 Å². The number of rotatable bonds is 0. The SMILES string of the molecule is CC(C)(C)c1cc2c3c(c1)-n1c4cc5c(cc4n4c6c(c(c14)B3c1cccc3c(C(C)(C)C)ccc-2c13)C1CCC6CC1)C1CC2CC3CC5CC32C1. The summed E-state index contributed by atoms with van der Waals surface area (Å²) >= 11 is 0. The third-order valence-corrected chi connectivity index (χ3v) is 17.4. The minimum absolute atomic E-state index is 0.0393. The van der Waals surface area contributed by atoms with Gasteiger partial charge in [0.15, 0.2) is 0 Å². The van der Waals surface area contributed by atoms with Crippen LogP contribution in [0.15, 0.2) is 54.6 Å². The molecule has 15 rings (SSSR count). The number of imidazole rings is 1. The van der Waals surface area contributed by atoms with E-state index in [0.29, 0.717) is 17.3 Å². The van der Waals surface area contributed by atoms with E-state index in [1.165, 1.54) is 113 Å². The Morgan fingerprint density at radius 1 is 0.679 bits per heavy atom. The van der Waals surface area contributed by atoms with E-state index in [1.54, 1.807) is 38.8 Å². The van der Waals surface area contributed by atoms with Crippen LogP contribution in [-0.2, 0) is 10.8 Å². The Hall–Kier alpha value is -3.72. The average molecular weight is 691 g/mol. The van der Waals surface area contributed by atoms with Crippen molar-refractivity contribution in [2.45, 2.75) is 134 Å². The largest absolute Gasteiger partial charge is 0.298 e. The Balaban J connectivity index is 1.17. The van der Waals surface area contributed by atoms with Crippen LogP contribution in [0.5, 0.6) is 0 Å². The van der Waals surface area contributed by atoms with Gasteiger partial charge in [-0.15, -0.1) is 0 Å². The smallest absolute Gasteiger partial charge is 0.250 e. The van der Waals surface area contributed by atoms with Gasteiger partial charge in [-0.3, -0.25) is 8.97 Å². The van der Waals surface area contributed by atoms with Gasteiger partial charge in [0.25, 0.3) is 6.71 Å². The molecule has 4 saturated carbocycles. The van der Waals surface area contributed by atoms with Crippen LogP contribution in [0.25, 0.3) is 44.3 Å². The first-order valence-corrected chi connectivity index (χ1v) is 21.5. The normalized spacial score (nSPS) is 30.6. The number of nitrogens with zero attached hydrogens (tertiary/aromatic N) is 2. The molecule has 5 atom stereocenters. The lowest BCUT2D eigenvalue weighted by Crippen LogP contribution is -2.59. The molecule has 5 bridgehead atoms. The Labute approximate surface area is 314 Å². The minimum Gasteiger partial charge on any atom is -0.298 e. The van der Waals surface area contributed by atoms with E-state index in [9.17, 15) is 0 Å². The van der Waals surface area contributed by atoms with Gasteiger partial charge >= 0.3 is 0 Å². The van der Waals surface area contributed by atoms with Crippen LogP contribution in [0.1, 0.15) is 157 Å². The fourth-order valence-electron chi connectivity index (χ4n) is 15.3. The number of fused-ring (bicyclic) bond motifs is 14. The fourth-order valence-corrected chi connectivity index (χ4v) is 15.3. The summed E-state index contributed by atoms with van der Waals surface area (Å²) in [4.78, 5) is 0. The fraction of sp³-hybridized carbons (Fsp3) is 0.480. The molecule has 4 heterocycles. The second-order valence-electron chi connectivity index (χ2n) is 21.7. The van der Waals surface area contributed by atoms with Crippen molar-refractivity contribution in [2.24, 2.45) is 17.3 Å². The maximum Gasteiger partial charge on any atom is 0.250 e. The molecule has 2 aliphatic heterocycles. The molecule has 0 saturated heterocycles. The van der Waals surface area contributed by atoms with E-state index < -0.39 is 0 Å². The summed E-state index contributed by atoms with van der Waals surface area (Å²) in [6.45, 7) is 14.7. The number of hydrogen-bond acceptors (Lipinski definition) is 0. The number of benzene rings is 4. The molecule has 0 radical (unpaired) electrons. The molecule has 4 fully saturated rings. The van der Waals surface area contributed by atoms with Gasteiger partial charge in [0.05, 0.1) is 11.0 Å². The summed E-state index contributed by atoms with van der Waals surface area (Å²) in [6, 6.07) is 23.2. The third kappa shape index (κ3) is 3.22. The lowest BCUT2D eigenvalue weighted by atomic mass is 9.31. The van der Waals surface area contributed by atoms with Crippen LogP contribution in [0.4, 0.5) is 0 Å². The zero-order chi connectivity index (χ0) is 35.2. The van der Waals surface area contributed by atoms with E-state index in [1.807, 2.05) is 0 Å². The summed E-state index contributed by atoms with van der Waals surface area (Å²) in [5.41, 5.74) is 24.5. The zero-order valence-corrected chi connectivity index (χ0v) is 32.5. The molecule has 6 aromatic rings. The first-order chi connectivity index (χ1) is 25.5. The summed E-state index contributed by atoms with van der Waals surface area (Å²) in [6.07, 6.45) is 12.8. The molecule has 4 aromatic carbocycles. The molecular weight excluding hydrogens is 639 g/mol. The van der Waals surface area contributed by atoms with Gasteiger partial charge in [0.1, 0.15) is 5.65 Å². The monoisotopic (exact) mass is 690 g/mol. The van der Waals surface area contributed by atoms with Crippen molar-refractivity contribution < 1.29 is 0 Å². The summed E-state index contributed by atoms with van der Waals surface area (Å²) in [5, 5.41) is 2.98. The Morgan fingerprint density at radius 2 is 1.40 bits per heavy atom. The summed E-state index contributed by atoms with van der Waals surface area (Å²) in [5.74, 6) is 4.90. The van der Waals surface area contributed by atoms with Crippen molar-refractivity contribution in [3.8, 4) is 16.8 Å². The van der Waals surface area contributed by atoms with Gasteiger partial charge in [-0.2, -0.15) is 0 Å². The predicted octanol–water partition coefficient (Wildman–Crippen LogP) is 10.6. The van der Waals surface area contributed by atoms with Gasteiger partial charge < -0.3 is 0 Å². The van der Waals surface area contributed by atoms with Crippen LogP contribution >= 0.6 is 0 Å². The van der Waals surface area contributed by atoms with E-state index >= 15 is 0 Å². The second kappa shape index (κ2) is 8.88. The summed E-state index contributed by atoms with van der Waals surface area (Å²) in [7, 11) is 0. The van der Waals surface area contributed by atoms with Crippen molar-refractivity contribution in [1.29, 1.82) is 0 Å². The molecule has 7 aliphatic carbocycles. The summed E-state index contributed by atoms with van der Waals surface area (Å²) < 4.78 is 5.77. The van der Waals surface area contributed by atoms with Gasteiger partial charge in [-0.1, -0.05) is 83.4 Å². The molecule has 1 spiro atoms. The highest BCUT2D eigenvalue weighted by Crippen LogP contribution is 2.76. The number of aromatic nitrogens is 2. The number of hydrogen-bond donors (Lipinski definition) is 0. The third-order valence-electron chi connectivity index (χ3n) is 17.4. The molecule has 2 nitrogen and oxygen atoms in total. The van der Waals surface area contributed by atoms with Crippen LogP contribution in [0.2, 0.25) is 0 Å². The molecule has 5 unspecified atom stereocenters. The zero-order valence-electron chi connectivity index (χ0n) is 32.5. The van der Waals surface area contributed by atoms with Crippen molar-refractivity contribution >= 4 is 50.6 Å².